The molecular weight excluding hydrogens is 405 g/mol. The van der Waals surface area contributed by atoms with Crippen molar-refractivity contribution in [3.63, 3.8) is 0 Å². The summed E-state index contributed by atoms with van der Waals surface area (Å²) in [6.07, 6.45) is 21.9. The summed E-state index contributed by atoms with van der Waals surface area (Å²) in [5, 5.41) is 0. The predicted molar refractivity (Wildman–Crippen MR) is 118 cm³/mol. The van der Waals surface area contributed by atoms with Gasteiger partial charge in [0.1, 0.15) is 4.05 Å². The molecule has 1 nitrogen and oxygen atoms in total. The molecule has 0 N–H and O–H groups in total. The normalized spacial score (nSPS) is 18.4. The third kappa shape index (κ3) is 8.38. The molecule has 0 aliphatic carbocycles. The SMILES string of the molecule is CCCCCCCCCCCCCCC(I)[N+]1(C(C)C)CCCC1. The van der Waals surface area contributed by atoms with Crippen LogP contribution in [0.15, 0.2) is 0 Å². The number of halogens is 1. The Morgan fingerprint density at radius 2 is 1.12 bits per heavy atom. The topological polar surface area (TPSA) is 0 Å². The van der Waals surface area contributed by atoms with E-state index in [-0.39, 0.29) is 0 Å². The average molecular weight is 451 g/mol. The summed E-state index contributed by atoms with van der Waals surface area (Å²) >= 11 is 2.78. The van der Waals surface area contributed by atoms with E-state index in [0.29, 0.717) is 0 Å². The first-order valence-electron chi connectivity index (χ1n) is 11.1. The highest BCUT2D eigenvalue weighted by atomic mass is 127. The van der Waals surface area contributed by atoms with E-state index in [1.54, 1.807) is 0 Å². The lowest BCUT2D eigenvalue weighted by Crippen LogP contribution is -2.55. The van der Waals surface area contributed by atoms with Crippen molar-refractivity contribution in [3.8, 4) is 0 Å². The van der Waals surface area contributed by atoms with E-state index >= 15 is 0 Å². The Balaban J connectivity index is 1.94. The monoisotopic (exact) mass is 450 g/mol. The summed E-state index contributed by atoms with van der Waals surface area (Å²) in [6.45, 7) is 10.1. The smallest absolute Gasteiger partial charge is 0.139 e. The molecule has 0 bridgehead atoms. The molecule has 0 aromatic heterocycles. The Bertz CT molecular complexity index is 284. The Labute approximate surface area is 167 Å². The van der Waals surface area contributed by atoms with Gasteiger partial charge in [-0.05, 0) is 42.9 Å². The van der Waals surface area contributed by atoms with Crippen LogP contribution in [0.25, 0.3) is 0 Å². The second-order valence-corrected chi connectivity index (χ2v) is 9.90. The van der Waals surface area contributed by atoms with E-state index in [2.05, 4.69) is 43.4 Å². The Kier molecular flexibility index (Phi) is 13.1. The molecule has 0 radical (unpaired) electrons. The lowest BCUT2D eigenvalue weighted by Gasteiger charge is -2.42. The fourth-order valence-electron chi connectivity index (χ4n) is 4.46. The highest BCUT2D eigenvalue weighted by Crippen LogP contribution is 2.33. The quantitative estimate of drug-likeness (QED) is 0.0783. The van der Waals surface area contributed by atoms with Crippen molar-refractivity contribution >= 4 is 22.6 Å². The van der Waals surface area contributed by atoms with Gasteiger partial charge in [0.05, 0.1) is 19.1 Å². The first-order valence-corrected chi connectivity index (χ1v) is 12.4. The van der Waals surface area contributed by atoms with Gasteiger partial charge in [0.25, 0.3) is 0 Å². The fourth-order valence-corrected chi connectivity index (χ4v) is 6.10. The van der Waals surface area contributed by atoms with Crippen molar-refractivity contribution in [2.75, 3.05) is 13.1 Å². The van der Waals surface area contributed by atoms with Gasteiger partial charge in [-0.3, -0.25) is 0 Å². The van der Waals surface area contributed by atoms with Gasteiger partial charge < -0.3 is 4.48 Å². The number of hydrogen-bond donors (Lipinski definition) is 0. The third-order valence-corrected chi connectivity index (χ3v) is 8.01. The number of alkyl halides is 1. The highest BCUT2D eigenvalue weighted by molar-refractivity contribution is 14.1. The van der Waals surface area contributed by atoms with Gasteiger partial charge in [0.15, 0.2) is 0 Å². The number of unbranched alkanes of at least 4 members (excludes halogenated alkanes) is 11. The summed E-state index contributed by atoms with van der Waals surface area (Å²) in [4.78, 5) is 0. The van der Waals surface area contributed by atoms with Crippen molar-refractivity contribution in [2.45, 2.75) is 127 Å². The first kappa shape index (κ1) is 22.7. The maximum absolute atomic E-state index is 2.78. The Morgan fingerprint density at radius 3 is 1.54 bits per heavy atom. The molecule has 144 valence electrons. The summed E-state index contributed by atoms with van der Waals surface area (Å²) < 4.78 is 2.26. The largest absolute Gasteiger partial charge is 0.311 e. The molecule has 1 heterocycles. The van der Waals surface area contributed by atoms with Gasteiger partial charge in [-0.2, -0.15) is 0 Å². The lowest BCUT2D eigenvalue weighted by atomic mass is 10.0. The van der Waals surface area contributed by atoms with Crippen LogP contribution in [0.3, 0.4) is 0 Å². The second-order valence-electron chi connectivity index (χ2n) is 8.46. The molecule has 1 rings (SSSR count). The molecular formula is C22H45IN+. The number of rotatable bonds is 15. The zero-order valence-electron chi connectivity index (χ0n) is 17.0. The van der Waals surface area contributed by atoms with E-state index in [4.69, 9.17) is 0 Å². The first-order chi connectivity index (χ1) is 11.6. The van der Waals surface area contributed by atoms with Crippen LogP contribution in [-0.2, 0) is 0 Å². The van der Waals surface area contributed by atoms with E-state index in [9.17, 15) is 0 Å². The standard InChI is InChI=1S/C22H45IN/c1-4-5-6-7-8-9-10-11-12-13-14-15-18-22(23)24(21(2)3)19-16-17-20-24/h21-22H,4-20H2,1-3H3/q+1. The molecule has 2 heteroatoms. The van der Waals surface area contributed by atoms with Crippen LogP contribution in [-0.4, -0.2) is 27.7 Å². The van der Waals surface area contributed by atoms with E-state index in [0.717, 1.165) is 10.1 Å². The molecule has 1 saturated heterocycles. The maximum atomic E-state index is 2.78. The molecule has 0 saturated carbocycles. The molecule has 1 unspecified atom stereocenters. The summed E-state index contributed by atoms with van der Waals surface area (Å²) in [6, 6.07) is 0.812. The minimum absolute atomic E-state index is 0.812. The Hall–Kier alpha value is 0.690. The zero-order chi connectivity index (χ0) is 17.7. The predicted octanol–water partition coefficient (Wildman–Crippen LogP) is 7.86. The van der Waals surface area contributed by atoms with Crippen molar-refractivity contribution in [1.29, 1.82) is 0 Å². The van der Waals surface area contributed by atoms with Gasteiger partial charge in [-0.1, -0.05) is 77.6 Å². The number of quaternary nitrogens is 1. The van der Waals surface area contributed by atoms with E-state index in [1.807, 2.05) is 0 Å². The molecule has 0 amide bonds. The molecule has 1 atom stereocenters. The van der Waals surface area contributed by atoms with Gasteiger partial charge in [-0.25, -0.2) is 0 Å². The minimum Gasteiger partial charge on any atom is -0.311 e. The van der Waals surface area contributed by atoms with Gasteiger partial charge in [0, 0.05) is 19.3 Å². The highest BCUT2D eigenvalue weighted by Gasteiger charge is 2.40. The van der Waals surface area contributed by atoms with Crippen molar-refractivity contribution in [3.05, 3.63) is 0 Å². The van der Waals surface area contributed by atoms with Crippen LogP contribution < -0.4 is 0 Å². The average Bonchev–Trinajstić information content (AvgIpc) is 3.07. The summed E-state index contributed by atoms with van der Waals surface area (Å²) in [5.74, 6) is 0. The van der Waals surface area contributed by atoms with Crippen molar-refractivity contribution in [2.24, 2.45) is 0 Å². The molecule has 1 aliphatic heterocycles. The van der Waals surface area contributed by atoms with Gasteiger partial charge in [-0.15, -0.1) is 0 Å². The van der Waals surface area contributed by atoms with Crippen LogP contribution in [0, 0.1) is 0 Å². The van der Waals surface area contributed by atoms with E-state index < -0.39 is 0 Å². The Morgan fingerprint density at radius 1 is 0.708 bits per heavy atom. The van der Waals surface area contributed by atoms with E-state index in [1.165, 1.54) is 114 Å². The van der Waals surface area contributed by atoms with Crippen molar-refractivity contribution < 1.29 is 4.48 Å². The van der Waals surface area contributed by atoms with Crippen LogP contribution in [0.1, 0.15) is 117 Å². The maximum Gasteiger partial charge on any atom is 0.139 e. The fraction of sp³-hybridized carbons (Fsp3) is 1.00. The van der Waals surface area contributed by atoms with Crippen LogP contribution in [0.2, 0.25) is 0 Å². The molecule has 0 spiro atoms. The minimum atomic E-state index is 0.812. The van der Waals surface area contributed by atoms with Gasteiger partial charge in [0.2, 0.25) is 0 Å². The molecule has 1 aliphatic rings. The van der Waals surface area contributed by atoms with Crippen LogP contribution in [0.4, 0.5) is 0 Å². The molecule has 0 aromatic rings. The molecule has 1 fully saturated rings. The summed E-state index contributed by atoms with van der Waals surface area (Å²) in [7, 11) is 0. The second kappa shape index (κ2) is 13.8. The van der Waals surface area contributed by atoms with Gasteiger partial charge >= 0.3 is 0 Å². The zero-order valence-corrected chi connectivity index (χ0v) is 19.2. The van der Waals surface area contributed by atoms with Crippen LogP contribution in [0.5, 0.6) is 0 Å². The number of nitrogens with zero attached hydrogens (tertiary/aromatic N) is 1. The lowest BCUT2D eigenvalue weighted by molar-refractivity contribution is -0.942. The van der Waals surface area contributed by atoms with Crippen molar-refractivity contribution in [1.82, 2.24) is 0 Å². The molecule has 24 heavy (non-hydrogen) atoms. The third-order valence-electron chi connectivity index (χ3n) is 6.28. The van der Waals surface area contributed by atoms with Crippen LogP contribution >= 0.6 is 22.6 Å². The number of hydrogen-bond acceptors (Lipinski definition) is 0. The summed E-state index contributed by atoms with van der Waals surface area (Å²) in [5.41, 5.74) is 0. The number of likely N-dealkylation sites (tertiary alicyclic amines) is 1. The molecule has 0 aromatic carbocycles.